The molecule has 1 unspecified atom stereocenters. The number of ether oxygens (including phenoxy) is 1. The monoisotopic (exact) mass is 259 g/mol. The molecule has 4 nitrogen and oxygen atoms in total. The van der Waals surface area contributed by atoms with Gasteiger partial charge in [0.2, 0.25) is 0 Å². The molecule has 0 spiro atoms. The Morgan fingerprint density at radius 2 is 2.11 bits per heavy atom. The molecule has 0 aliphatic rings. The smallest absolute Gasteiger partial charge is 0.124 e. The van der Waals surface area contributed by atoms with Gasteiger partial charge in [0.1, 0.15) is 11.6 Å². The highest BCUT2D eigenvalue weighted by Crippen LogP contribution is 2.32. The molecule has 102 valence electrons. The number of methoxy groups -OCH3 is 1. The number of rotatable bonds is 5. The summed E-state index contributed by atoms with van der Waals surface area (Å²) in [6.45, 7) is 2.90. The standard InChI is InChI=1S/C15H21N3O/c1-10(4-3-7-16)13-9-12(19-2)8-11-5-6-14(17)18-15(11)13/h5-6,8-10H,3-4,7,16H2,1-2H3,(H2,17,18). The van der Waals surface area contributed by atoms with Gasteiger partial charge in [0, 0.05) is 5.39 Å². The molecule has 0 aliphatic heterocycles. The molecule has 4 heteroatoms. The zero-order valence-corrected chi connectivity index (χ0v) is 11.5. The SMILES string of the molecule is COc1cc(C(C)CCCN)c2nc(N)ccc2c1. The van der Waals surface area contributed by atoms with Crippen molar-refractivity contribution in [1.29, 1.82) is 0 Å². The molecule has 4 N–H and O–H groups in total. The fraction of sp³-hybridized carbons (Fsp3) is 0.400. The van der Waals surface area contributed by atoms with E-state index in [1.54, 1.807) is 7.11 Å². The first-order chi connectivity index (χ1) is 9.15. The van der Waals surface area contributed by atoms with E-state index in [9.17, 15) is 0 Å². The molecule has 0 radical (unpaired) electrons. The number of nitrogens with two attached hydrogens (primary N) is 2. The van der Waals surface area contributed by atoms with Crippen molar-refractivity contribution in [2.75, 3.05) is 19.4 Å². The van der Waals surface area contributed by atoms with Gasteiger partial charge < -0.3 is 16.2 Å². The van der Waals surface area contributed by atoms with Crippen LogP contribution >= 0.6 is 0 Å². The summed E-state index contributed by atoms with van der Waals surface area (Å²) in [5, 5.41) is 1.06. The van der Waals surface area contributed by atoms with Crippen LogP contribution in [0, 0.1) is 0 Å². The Morgan fingerprint density at radius 1 is 1.32 bits per heavy atom. The van der Waals surface area contributed by atoms with Crippen LogP contribution in [-0.4, -0.2) is 18.6 Å². The first-order valence-electron chi connectivity index (χ1n) is 6.60. The number of hydrogen-bond acceptors (Lipinski definition) is 4. The van der Waals surface area contributed by atoms with E-state index in [0.717, 1.165) is 29.5 Å². The molecular formula is C15H21N3O. The second-order valence-corrected chi connectivity index (χ2v) is 4.86. The van der Waals surface area contributed by atoms with Crippen LogP contribution in [0.15, 0.2) is 24.3 Å². The van der Waals surface area contributed by atoms with Crippen molar-refractivity contribution in [3.8, 4) is 5.75 Å². The molecule has 2 rings (SSSR count). The lowest BCUT2D eigenvalue weighted by atomic mass is 9.93. The van der Waals surface area contributed by atoms with Crippen molar-refractivity contribution < 1.29 is 4.74 Å². The van der Waals surface area contributed by atoms with Gasteiger partial charge in [0.25, 0.3) is 0 Å². The number of fused-ring (bicyclic) bond motifs is 1. The average Bonchev–Trinajstić information content (AvgIpc) is 2.43. The second-order valence-electron chi connectivity index (χ2n) is 4.86. The van der Waals surface area contributed by atoms with Gasteiger partial charge in [-0.25, -0.2) is 4.98 Å². The second kappa shape index (κ2) is 5.89. The molecule has 0 aliphatic carbocycles. The van der Waals surface area contributed by atoms with E-state index >= 15 is 0 Å². The average molecular weight is 259 g/mol. The third kappa shape index (κ3) is 2.96. The van der Waals surface area contributed by atoms with Crippen molar-refractivity contribution in [1.82, 2.24) is 4.98 Å². The highest BCUT2D eigenvalue weighted by Gasteiger charge is 2.13. The lowest BCUT2D eigenvalue weighted by molar-refractivity contribution is 0.414. The maximum Gasteiger partial charge on any atom is 0.124 e. The number of hydrogen-bond donors (Lipinski definition) is 2. The first-order valence-corrected chi connectivity index (χ1v) is 6.60. The predicted molar refractivity (Wildman–Crippen MR) is 79.4 cm³/mol. The third-order valence-corrected chi connectivity index (χ3v) is 3.42. The first kappa shape index (κ1) is 13.6. The zero-order valence-electron chi connectivity index (χ0n) is 11.5. The fourth-order valence-corrected chi connectivity index (χ4v) is 2.32. The van der Waals surface area contributed by atoms with Gasteiger partial charge >= 0.3 is 0 Å². The number of aromatic nitrogens is 1. The lowest BCUT2D eigenvalue weighted by Gasteiger charge is -2.15. The van der Waals surface area contributed by atoms with Crippen LogP contribution in [0.5, 0.6) is 5.75 Å². The van der Waals surface area contributed by atoms with E-state index in [1.165, 1.54) is 5.56 Å². The minimum Gasteiger partial charge on any atom is -0.497 e. The molecule has 2 aromatic rings. The molecule has 0 saturated carbocycles. The van der Waals surface area contributed by atoms with Crippen molar-refractivity contribution in [3.05, 3.63) is 29.8 Å². The fourth-order valence-electron chi connectivity index (χ4n) is 2.32. The summed E-state index contributed by atoms with van der Waals surface area (Å²) in [5.74, 6) is 1.79. The summed E-state index contributed by atoms with van der Waals surface area (Å²) in [4.78, 5) is 4.47. The largest absolute Gasteiger partial charge is 0.497 e. The van der Waals surface area contributed by atoms with Crippen LogP contribution in [0.25, 0.3) is 10.9 Å². The quantitative estimate of drug-likeness (QED) is 0.865. The van der Waals surface area contributed by atoms with E-state index in [-0.39, 0.29) is 0 Å². The minimum atomic E-state index is 0.385. The third-order valence-electron chi connectivity index (χ3n) is 3.42. The predicted octanol–water partition coefficient (Wildman–Crippen LogP) is 2.67. The van der Waals surface area contributed by atoms with Gasteiger partial charge in [0.05, 0.1) is 12.6 Å². The van der Waals surface area contributed by atoms with Crippen LogP contribution in [-0.2, 0) is 0 Å². The van der Waals surface area contributed by atoms with Crippen LogP contribution in [0.3, 0.4) is 0 Å². The van der Waals surface area contributed by atoms with Crippen LogP contribution in [0.1, 0.15) is 31.2 Å². The Balaban J connectivity index is 2.52. The lowest BCUT2D eigenvalue weighted by Crippen LogP contribution is -2.04. The van der Waals surface area contributed by atoms with Crippen molar-refractivity contribution in [2.24, 2.45) is 5.73 Å². The van der Waals surface area contributed by atoms with Gasteiger partial charge in [0.15, 0.2) is 0 Å². The molecule has 19 heavy (non-hydrogen) atoms. The molecule has 0 amide bonds. The van der Waals surface area contributed by atoms with Gasteiger partial charge in [-0.3, -0.25) is 0 Å². The van der Waals surface area contributed by atoms with Gasteiger partial charge in [-0.2, -0.15) is 0 Å². The molecule has 1 aromatic carbocycles. The van der Waals surface area contributed by atoms with E-state index in [2.05, 4.69) is 18.0 Å². The Hall–Kier alpha value is -1.81. The van der Waals surface area contributed by atoms with Gasteiger partial charge in [-0.1, -0.05) is 6.92 Å². The maximum atomic E-state index is 5.80. The molecule has 0 fully saturated rings. The number of benzene rings is 1. The van der Waals surface area contributed by atoms with E-state index in [0.29, 0.717) is 18.3 Å². The Labute approximate surface area is 113 Å². The molecule has 1 atom stereocenters. The number of anilines is 1. The Bertz CT molecular complexity index is 569. The molecule has 0 saturated heterocycles. The number of nitrogen functional groups attached to an aromatic ring is 1. The number of pyridine rings is 1. The summed E-state index contributed by atoms with van der Waals surface area (Å²) in [6, 6.07) is 7.84. The molecule has 0 bridgehead atoms. The maximum absolute atomic E-state index is 5.80. The normalized spacial score (nSPS) is 12.6. The van der Waals surface area contributed by atoms with E-state index < -0.39 is 0 Å². The highest BCUT2D eigenvalue weighted by atomic mass is 16.5. The summed E-state index contributed by atoms with van der Waals surface area (Å²) in [7, 11) is 1.68. The molecule has 1 heterocycles. The Kier molecular flexibility index (Phi) is 4.22. The van der Waals surface area contributed by atoms with Crippen molar-refractivity contribution in [3.63, 3.8) is 0 Å². The van der Waals surface area contributed by atoms with Crippen LogP contribution < -0.4 is 16.2 Å². The summed E-state index contributed by atoms with van der Waals surface area (Å²) in [5.41, 5.74) is 13.5. The minimum absolute atomic E-state index is 0.385. The summed E-state index contributed by atoms with van der Waals surface area (Å²) < 4.78 is 5.36. The summed E-state index contributed by atoms with van der Waals surface area (Å²) >= 11 is 0. The van der Waals surface area contributed by atoms with E-state index in [4.69, 9.17) is 16.2 Å². The van der Waals surface area contributed by atoms with Gasteiger partial charge in [-0.05, 0) is 55.1 Å². The van der Waals surface area contributed by atoms with Crippen molar-refractivity contribution >= 4 is 16.7 Å². The Morgan fingerprint density at radius 3 is 2.79 bits per heavy atom. The van der Waals surface area contributed by atoms with E-state index in [1.807, 2.05) is 18.2 Å². The van der Waals surface area contributed by atoms with Crippen molar-refractivity contribution in [2.45, 2.75) is 25.7 Å². The molecular weight excluding hydrogens is 238 g/mol. The van der Waals surface area contributed by atoms with Crippen LogP contribution in [0.2, 0.25) is 0 Å². The van der Waals surface area contributed by atoms with Crippen LogP contribution in [0.4, 0.5) is 5.82 Å². The number of nitrogens with zero attached hydrogens (tertiary/aromatic N) is 1. The topological polar surface area (TPSA) is 74.2 Å². The van der Waals surface area contributed by atoms with Gasteiger partial charge in [-0.15, -0.1) is 0 Å². The summed E-state index contributed by atoms with van der Waals surface area (Å²) in [6.07, 6.45) is 2.04. The zero-order chi connectivity index (χ0) is 13.8. The highest BCUT2D eigenvalue weighted by molar-refractivity contribution is 5.85. The molecule has 1 aromatic heterocycles.